The SMILES string of the molecule is CC1(C)CN(CCCCOc2ccc(Cl)cc2)c2cc(N)ccc2O1. The van der Waals surface area contributed by atoms with Crippen molar-refractivity contribution in [1.82, 2.24) is 0 Å². The van der Waals surface area contributed by atoms with Gasteiger partial charge >= 0.3 is 0 Å². The van der Waals surface area contributed by atoms with E-state index in [1.165, 1.54) is 0 Å². The summed E-state index contributed by atoms with van der Waals surface area (Å²) in [6, 6.07) is 13.3. The number of unbranched alkanes of at least 4 members (excludes halogenated alkanes) is 1. The molecule has 0 saturated carbocycles. The fourth-order valence-electron chi connectivity index (χ4n) is 3.07. The van der Waals surface area contributed by atoms with Gasteiger partial charge in [-0.1, -0.05) is 11.6 Å². The summed E-state index contributed by atoms with van der Waals surface area (Å²) in [5.41, 5.74) is 7.59. The normalized spacial score (nSPS) is 15.4. The lowest BCUT2D eigenvalue weighted by Crippen LogP contribution is -2.47. The van der Waals surface area contributed by atoms with Crippen molar-refractivity contribution < 1.29 is 9.47 Å². The van der Waals surface area contributed by atoms with Crippen LogP contribution < -0.4 is 20.1 Å². The van der Waals surface area contributed by atoms with Crippen LogP contribution in [0, 0.1) is 0 Å². The monoisotopic (exact) mass is 360 g/mol. The van der Waals surface area contributed by atoms with E-state index >= 15 is 0 Å². The van der Waals surface area contributed by atoms with Crippen LogP contribution in [0.4, 0.5) is 11.4 Å². The largest absolute Gasteiger partial charge is 0.494 e. The summed E-state index contributed by atoms with van der Waals surface area (Å²) < 4.78 is 11.8. The second kappa shape index (κ2) is 7.44. The zero-order valence-corrected chi connectivity index (χ0v) is 15.6. The average molecular weight is 361 g/mol. The molecule has 0 amide bonds. The maximum atomic E-state index is 6.07. The number of hydrogen-bond donors (Lipinski definition) is 1. The second-order valence-corrected chi connectivity index (χ2v) is 7.46. The third kappa shape index (κ3) is 4.73. The standard InChI is InChI=1S/C20H25ClN2O2/c1-20(2)14-23(18-13-16(22)7-10-19(18)25-20)11-3-4-12-24-17-8-5-15(21)6-9-17/h5-10,13H,3-4,11-12,14,22H2,1-2H3. The number of anilines is 2. The minimum atomic E-state index is -0.205. The maximum absolute atomic E-state index is 6.07. The molecular weight excluding hydrogens is 336 g/mol. The van der Waals surface area contributed by atoms with E-state index in [4.69, 9.17) is 26.8 Å². The molecular formula is C20H25ClN2O2. The maximum Gasteiger partial charge on any atom is 0.143 e. The molecule has 1 aliphatic heterocycles. The zero-order chi connectivity index (χ0) is 17.9. The third-order valence-corrected chi connectivity index (χ3v) is 4.44. The van der Waals surface area contributed by atoms with Gasteiger partial charge < -0.3 is 20.1 Å². The molecule has 0 aromatic heterocycles. The van der Waals surface area contributed by atoms with Crippen LogP contribution in [0.5, 0.6) is 11.5 Å². The lowest BCUT2D eigenvalue weighted by atomic mass is 10.0. The summed E-state index contributed by atoms with van der Waals surface area (Å²) in [4.78, 5) is 2.36. The highest BCUT2D eigenvalue weighted by Crippen LogP contribution is 2.38. The first-order chi connectivity index (χ1) is 11.9. The summed E-state index contributed by atoms with van der Waals surface area (Å²) in [5.74, 6) is 1.76. The molecule has 0 bridgehead atoms. The van der Waals surface area contributed by atoms with Gasteiger partial charge in [0.1, 0.15) is 17.1 Å². The Hall–Kier alpha value is -2.07. The van der Waals surface area contributed by atoms with Crippen molar-refractivity contribution in [3.63, 3.8) is 0 Å². The van der Waals surface area contributed by atoms with Gasteiger partial charge in [0, 0.05) is 17.3 Å². The fraction of sp³-hybridized carbons (Fsp3) is 0.400. The van der Waals surface area contributed by atoms with Gasteiger partial charge in [-0.05, 0) is 69.2 Å². The fourth-order valence-corrected chi connectivity index (χ4v) is 3.19. The Morgan fingerprint density at radius 3 is 2.68 bits per heavy atom. The van der Waals surface area contributed by atoms with Crippen LogP contribution in [-0.2, 0) is 0 Å². The van der Waals surface area contributed by atoms with Crippen LogP contribution in [0.3, 0.4) is 0 Å². The summed E-state index contributed by atoms with van der Waals surface area (Å²) in [7, 11) is 0. The molecule has 5 heteroatoms. The number of rotatable bonds is 6. The number of fused-ring (bicyclic) bond motifs is 1. The number of hydrogen-bond acceptors (Lipinski definition) is 4. The molecule has 0 aliphatic carbocycles. The van der Waals surface area contributed by atoms with E-state index in [9.17, 15) is 0 Å². The Labute approximate surface area is 154 Å². The number of nitrogens with two attached hydrogens (primary N) is 1. The van der Waals surface area contributed by atoms with E-state index in [2.05, 4.69) is 18.7 Å². The number of nitrogens with zero attached hydrogens (tertiary/aromatic N) is 1. The molecule has 2 N–H and O–H groups in total. The third-order valence-electron chi connectivity index (χ3n) is 4.19. The van der Waals surface area contributed by atoms with Crippen molar-refractivity contribution in [3.05, 3.63) is 47.5 Å². The Bertz CT molecular complexity index is 716. The number of nitrogen functional groups attached to an aromatic ring is 1. The second-order valence-electron chi connectivity index (χ2n) is 7.02. The molecule has 1 aliphatic rings. The van der Waals surface area contributed by atoms with Gasteiger partial charge in [-0.25, -0.2) is 0 Å². The molecule has 0 unspecified atom stereocenters. The average Bonchev–Trinajstić information content (AvgIpc) is 2.56. The van der Waals surface area contributed by atoms with Crippen molar-refractivity contribution in [2.75, 3.05) is 30.3 Å². The molecule has 1 heterocycles. The van der Waals surface area contributed by atoms with Gasteiger partial charge in [0.15, 0.2) is 0 Å². The van der Waals surface area contributed by atoms with Crippen LogP contribution in [0.1, 0.15) is 26.7 Å². The highest BCUT2D eigenvalue weighted by molar-refractivity contribution is 6.30. The van der Waals surface area contributed by atoms with Crippen LogP contribution >= 0.6 is 11.6 Å². The molecule has 4 nitrogen and oxygen atoms in total. The highest BCUT2D eigenvalue weighted by atomic mass is 35.5. The molecule has 0 saturated heterocycles. The summed E-state index contributed by atoms with van der Waals surface area (Å²) in [6.45, 7) is 6.72. The molecule has 2 aromatic carbocycles. The number of halogens is 1. The highest BCUT2D eigenvalue weighted by Gasteiger charge is 2.31. The molecule has 134 valence electrons. The quantitative estimate of drug-likeness (QED) is 0.596. The molecule has 3 rings (SSSR count). The zero-order valence-electron chi connectivity index (χ0n) is 14.8. The Kier molecular flexibility index (Phi) is 5.28. The van der Waals surface area contributed by atoms with Gasteiger partial charge in [0.05, 0.1) is 18.8 Å². The van der Waals surface area contributed by atoms with E-state index in [0.717, 1.165) is 53.8 Å². The first kappa shape index (κ1) is 17.7. The topological polar surface area (TPSA) is 47.7 Å². The predicted octanol–water partition coefficient (Wildman–Crippen LogP) is 4.76. The van der Waals surface area contributed by atoms with E-state index in [1.807, 2.05) is 42.5 Å². The van der Waals surface area contributed by atoms with Crippen LogP contribution in [0.15, 0.2) is 42.5 Å². The van der Waals surface area contributed by atoms with Crippen molar-refractivity contribution in [2.24, 2.45) is 0 Å². The summed E-state index contributed by atoms with van der Waals surface area (Å²) >= 11 is 5.88. The Morgan fingerprint density at radius 2 is 1.92 bits per heavy atom. The molecule has 0 atom stereocenters. The minimum Gasteiger partial charge on any atom is -0.494 e. The molecule has 0 fully saturated rings. The van der Waals surface area contributed by atoms with Crippen LogP contribution in [-0.4, -0.2) is 25.3 Å². The first-order valence-electron chi connectivity index (χ1n) is 8.65. The predicted molar refractivity (Wildman–Crippen MR) is 104 cm³/mol. The lowest BCUT2D eigenvalue weighted by Gasteiger charge is -2.41. The van der Waals surface area contributed by atoms with E-state index in [-0.39, 0.29) is 5.60 Å². The van der Waals surface area contributed by atoms with E-state index < -0.39 is 0 Å². The molecule has 0 radical (unpaired) electrons. The minimum absolute atomic E-state index is 0.205. The van der Waals surface area contributed by atoms with Gasteiger partial charge in [-0.3, -0.25) is 0 Å². The molecule has 2 aromatic rings. The van der Waals surface area contributed by atoms with Crippen molar-refractivity contribution in [2.45, 2.75) is 32.3 Å². The van der Waals surface area contributed by atoms with Crippen molar-refractivity contribution in [1.29, 1.82) is 0 Å². The molecule has 0 spiro atoms. The van der Waals surface area contributed by atoms with E-state index in [1.54, 1.807) is 0 Å². The lowest BCUT2D eigenvalue weighted by molar-refractivity contribution is 0.105. The van der Waals surface area contributed by atoms with Crippen LogP contribution in [0.2, 0.25) is 5.02 Å². The summed E-state index contributed by atoms with van der Waals surface area (Å²) in [5, 5.41) is 0.722. The summed E-state index contributed by atoms with van der Waals surface area (Å²) in [6.07, 6.45) is 2.02. The number of benzene rings is 2. The van der Waals surface area contributed by atoms with Crippen LogP contribution in [0.25, 0.3) is 0 Å². The first-order valence-corrected chi connectivity index (χ1v) is 9.03. The van der Waals surface area contributed by atoms with Crippen molar-refractivity contribution in [3.8, 4) is 11.5 Å². The smallest absolute Gasteiger partial charge is 0.143 e. The van der Waals surface area contributed by atoms with Gasteiger partial charge in [-0.15, -0.1) is 0 Å². The van der Waals surface area contributed by atoms with Gasteiger partial charge in [0.2, 0.25) is 0 Å². The number of ether oxygens (including phenoxy) is 2. The Balaban J connectivity index is 1.52. The Morgan fingerprint density at radius 1 is 1.16 bits per heavy atom. The van der Waals surface area contributed by atoms with Gasteiger partial charge in [-0.2, -0.15) is 0 Å². The van der Waals surface area contributed by atoms with Gasteiger partial charge in [0.25, 0.3) is 0 Å². The van der Waals surface area contributed by atoms with Crippen molar-refractivity contribution >= 4 is 23.0 Å². The molecule has 25 heavy (non-hydrogen) atoms. The van der Waals surface area contributed by atoms with E-state index in [0.29, 0.717) is 6.61 Å².